The molecule has 0 spiro atoms. The Morgan fingerprint density at radius 1 is 1.00 bits per heavy atom. The Balaban J connectivity index is 1.60. The first-order valence-corrected chi connectivity index (χ1v) is 11.8. The van der Waals surface area contributed by atoms with Gasteiger partial charge in [0.05, 0.1) is 29.9 Å². The van der Waals surface area contributed by atoms with Gasteiger partial charge in [-0.15, -0.1) is 0 Å². The van der Waals surface area contributed by atoms with E-state index in [0.717, 1.165) is 16.6 Å². The van der Waals surface area contributed by atoms with Crippen LogP contribution in [-0.2, 0) is 25.4 Å². The third-order valence-electron chi connectivity index (χ3n) is 7.02. The molecule has 2 aromatic carbocycles. The lowest BCUT2D eigenvalue weighted by Crippen LogP contribution is -2.41. The summed E-state index contributed by atoms with van der Waals surface area (Å²) < 4.78 is 23.0. The summed E-state index contributed by atoms with van der Waals surface area (Å²) in [5.41, 5.74) is 2.29. The molecule has 0 aromatic heterocycles. The van der Waals surface area contributed by atoms with Gasteiger partial charge in [-0.25, -0.2) is 9.59 Å². The Morgan fingerprint density at radius 2 is 1.63 bits per heavy atom. The van der Waals surface area contributed by atoms with Crippen LogP contribution in [0.2, 0.25) is 0 Å². The molecule has 0 bridgehead atoms. The van der Waals surface area contributed by atoms with Gasteiger partial charge in [-0.3, -0.25) is 4.90 Å². The van der Waals surface area contributed by atoms with Crippen LogP contribution in [-0.4, -0.2) is 48.9 Å². The Bertz CT molecular complexity index is 1080. The molecule has 35 heavy (non-hydrogen) atoms. The van der Waals surface area contributed by atoms with Gasteiger partial charge in [-0.05, 0) is 62.8 Å². The van der Waals surface area contributed by atoms with Crippen LogP contribution in [0.1, 0.15) is 61.6 Å². The van der Waals surface area contributed by atoms with Crippen LogP contribution in [0, 0.1) is 0 Å². The predicted octanol–water partition coefficient (Wildman–Crippen LogP) is 5.11. The Kier molecular flexibility index (Phi) is 7.06. The number of methoxy groups -OCH3 is 1. The van der Waals surface area contributed by atoms with Gasteiger partial charge in [0, 0.05) is 6.54 Å². The highest BCUT2D eigenvalue weighted by molar-refractivity contribution is 6.54. The lowest BCUT2D eigenvalue weighted by molar-refractivity contribution is 0.00578. The van der Waals surface area contributed by atoms with Crippen molar-refractivity contribution in [1.82, 2.24) is 4.90 Å². The molecule has 2 aliphatic heterocycles. The third kappa shape index (κ3) is 5.28. The standard InChI is InChI=1S/C27H32BNO6/c1-26(2)27(3,4)35-28(34-26)22-15-16-29(25(31)33-18-19-9-7-6-8-10-19)23(17-22)20-11-13-21(14-12-20)24(30)32-5/h6-14,17,23H,15-16,18H2,1-5H3/t23-/m0/s1. The quantitative estimate of drug-likeness (QED) is 0.440. The van der Waals surface area contributed by atoms with E-state index in [-0.39, 0.29) is 6.61 Å². The number of nitrogens with zero attached hydrogens (tertiary/aromatic N) is 1. The molecule has 1 amide bonds. The second kappa shape index (κ2) is 9.87. The second-order valence-corrected chi connectivity index (χ2v) is 9.87. The Hall–Kier alpha value is -3.10. The minimum absolute atomic E-state index is 0.192. The molecule has 0 radical (unpaired) electrons. The fraction of sp³-hybridized carbons (Fsp3) is 0.407. The molecular formula is C27H32BNO6. The number of ether oxygens (including phenoxy) is 2. The first kappa shape index (κ1) is 25.0. The average molecular weight is 477 g/mol. The summed E-state index contributed by atoms with van der Waals surface area (Å²) in [5, 5.41) is 0. The Labute approximate surface area is 207 Å². The van der Waals surface area contributed by atoms with E-state index in [1.165, 1.54) is 7.11 Å². The number of benzene rings is 2. The highest BCUT2D eigenvalue weighted by Gasteiger charge is 2.53. The topological polar surface area (TPSA) is 74.3 Å². The van der Waals surface area contributed by atoms with Crippen molar-refractivity contribution in [3.8, 4) is 0 Å². The maximum Gasteiger partial charge on any atom is 0.490 e. The number of rotatable bonds is 5. The molecule has 0 aliphatic carbocycles. The molecule has 1 atom stereocenters. The first-order chi connectivity index (χ1) is 16.6. The Morgan fingerprint density at radius 3 is 2.23 bits per heavy atom. The van der Waals surface area contributed by atoms with Gasteiger partial charge in [0.25, 0.3) is 0 Å². The van der Waals surface area contributed by atoms with E-state index < -0.39 is 36.4 Å². The molecule has 2 aliphatic rings. The minimum atomic E-state index is -0.487. The normalized spacial score (nSPS) is 20.8. The van der Waals surface area contributed by atoms with Crippen LogP contribution in [0.25, 0.3) is 0 Å². The van der Waals surface area contributed by atoms with E-state index in [0.29, 0.717) is 18.5 Å². The van der Waals surface area contributed by atoms with Crippen LogP contribution in [0.3, 0.4) is 0 Å². The highest BCUT2D eigenvalue weighted by atomic mass is 16.7. The van der Waals surface area contributed by atoms with Gasteiger partial charge >= 0.3 is 19.2 Å². The molecule has 0 saturated carbocycles. The lowest BCUT2D eigenvalue weighted by atomic mass is 9.73. The highest BCUT2D eigenvalue weighted by Crippen LogP contribution is 2.41. The molecule has 2 aromatic rings. The van der Waals surface area contributed by atoms with Crippen LogP contribution < -0.4 is 0 Å². The van der Waals surface area contributed by atoms with Crippen LogP contribution in [0.15, 0.2) is 66.1 Å². The van der Waals surface area contributed by atoms with Gasteiger partial charge in [0.1, 0.15) is 6.61 Å². The number of esters is 1. The fourth-order valence-electron chi connectivity index (χ4n) is 4.17. The van der Waals surface area contributed by atoms with Crippen molar-refractivity contribution in [2.45, 2.75) is 58.0 Å². The summed E-state index contributed by atoms with van der Waals surface area (Å²) in [7, 11) is 0.862. The number of carbonyl (C=O) groups is 2. The van der Waals surface area contributed by atoms with E-state index in [1.54, 1.807) is 17.0 Å². The zero-order valence-electron chi connectivity index (χ0n) is 20.9. The van der Waals surface area contributed by atoms with Gasteiger partial charge in [-0.1, -0.05) is 48.5 Å². The van der Waals surface area contributed by atoms with Crippen molar-refractivity contribution in [3.05, 3.63) is 82.8 Å². The summed E-state index contributed by atoms with van der Waals surface area (Å²) in [4.78, 5) is 26.7. The van der Waals surface area contributed by atoms with Crippen LogP contribution in [0.4, 0.5) is 4.79 Å². The summed E-state index contributed by atoms with van der Waals surface area (Å²) in [5.74, 6) is -0.409. The van der Waals surface area contributed by atoms with Gasteiger partial charge in [-0.2, -0.15) is 0 Å². The van der Waals surface area contributed by atoms with E-state index >= 15 is 0 Å². The molecule has 4 rings (SSSR count). The fourth-order valence-corrected chi connectivity index (χ4v) is 4.17. The average Bonchev–Trinajstić information content (AvgIpc) is 3.09. The molecule has 8 heteroatoms. The summed E-state index contributed by atoms with van der Waals surface area (Å²) in [6.45, 7) is 8.73. The number of carbonyl (C=O) groups excluding carboxylic acids is 2. The van der Waals surface area contributed by atoms with E-state index in [2.05, 4.69) is 0 Å². The third-order valence-corrected chi connectivity index (χ3v) is 7.02. The monoisotopic (exact) mass is 477 g/mol. The number of hydrogen-bond acceptors (Lipinski definition) is 6. The first-order valence-electron chi connectivity index (χ1n) is 11.8. The lowest BCUT2D eigenvalue weighted by Gasteiger charge is -2.34. The number of hydrogen-bond donors (Lipinski definition) is 0. The van der Waals surface area contributed by atoms with Crippen molar-refractivity contribution in [1.29, 1.82) is 0 Å². The minimum Gasteiger partial charge on any atom is -0.465 e. The summed E-state index contributed by atoms with van der Waals surface area (Å²) in [6.07, 6.45) is 2.22. The largest absolute Gasteiger partial charge is 0.490 e. The van der Waals surface area contributed by atoms with Gasteiger partial charge < -0.3 is 18.8 Å². The van der Waals surface area contributed by atoms with Crippen molar-refractivity contribution < 1.29 is 28.4 Å². The molecule has 0 unspecified atom stereocenters. The zero-order chi connectivity index (χ0) is 25.2. The predicted molar refractivity (Wildman–Crippen MR) is 133 cm³/mol. The number of amides is 1. The van der Waals surface area contributed by atoms with Crippen molar-refractivity contribution in [2.75, 3.05) is 13.7 Å². The maximum absolute atomic E-state index is 13.1. The zero-order valence-corrected chi connectivity index (χ0v) is 20.9. The van der Waals surface area contributed by atoms with Crippen molar-refractivity contribution >= 4 is 19.2 Å². The molecule has 2 heterocycles. The molecule has 0 N–H and O–H groups in total. The van der Waals surface area contributed by atoms with Gasteiger partial charge in [0.15, 0.2) is 0 Å². The molecule has 7 nitrogen and oxygen atoms in total. The molecule has 1 saturated heterocycles. The van der Waals surface area contributed by atoms with Crippen molar-refractivity contribution in [2.24, 2.45) is 0 Å². The van der Waals surface area contributed by atoms with E-state index in [9.17, 15) is 9.59 Å². The summed E-state index contributed by atoms with van der Waals surface area (Å²) >= 11 is 0. The van der Waals surface area contributed by atoms with E-state index in [1.807, 2.05) is 76.2 Å². The molecule has 184 valence electrons. The van der Waals surface area contributed by atoms with Crippen LogP contribution >= 0.6 is 0 Å². The maximum atomic E-state index is 13.1. The SMILES string of the molecule is COC(=O)c1ccc([C@@H]2C=C(B3OC(C)(C)C(C)(C)O3)CCN2C(=O)OCc2ccccc2)cc1. The van der Waals surface area contributed by atoms with Crippen LogP contribution in [0.5, 0.6) is 0 Å². The van der Waals surface area contributed by atoms with Crippen molar-refractivity contribution in [3.63, 3.8) is 0 Å². The smallest absolute Gasteiger partial charge is 0.465 e. The molecular weight excluding hydrogens is 445 g/mol. The molecule has 1 fully saturated rings. The van der Waals surface area contributed by atoms with E-state index in [4.69, 9.17) is 18.8 Å². The summed E-state index contributed by atoms with van der Waals surface area (Å²) in [6, 6.07) is 16.3. The second-order valence-electron chi connectivity index (χ2n) is 9.87. The van der Waals surface area contributed by atoms with Gasteiger partial charge in [0.2, 0.25) is 0 Å².